The number of hydrogen-bond acceptors (Lipinski definition) is 5. The number of ether oxygens (including phenoxy) is 1. The molecule has 0 aromatic carbocycles. The van der Waals surface area contributed by atoms with Gasteiger partial charge >= 0.3 is 0 Å². The first-order valence-electron chi connectivity index (χ1n) is 7.54. The summed E-state index contributed by atoms with van der Waals surface area (Å²) in [5.74, 6) is -0.00119. The minimum Gasteiger partial charge on any atom is -0.384 e. The molecule has 0 unspecified atom stereocenters. The predicted molar refractivity (Wildman–Crippen MR) is 85.0 cm³/mol. The van der Waals surface area contributed by atoms with E-state index in [0.29, 0.717) is 13.2 Å². The van der Waals surface area contributed by atoms with Crippen LogP contribution in [0.25, 0.3) is 0 Å². The maximum absolute atomic E-state index is 12.4. The van der Waals surface area contributed by atoms with Crippen molar-refractivity contribution in [2.24, 2.45) is 5.41 Å². The second-order valence-corrected chi connectivity index (χ2v) is 6.83. The molecule has 1 aromatic heterocycles. The lowest BCUT2D eigenvalue weighted by Crippen LogP contribution is -2.47. The van der Waals surface area contributed by atoms with E-state index in [-0.39, 0.29) is 11.3 Å². The number of piperidine rings is 1. The number of hydrogen-bond donors (Lipinski definition) is 2. The van der Waals surface area contributed by atoms with Crippen molar-refractivity contribution < 1.29 is 9.53 Å². The van der Waals surface area contributed by atoms with Crippen LogP contribution in [-0.2, 0) is 11.2 Å². The lowest BCUT2D eigenvalue weighted by molar-refractivity contribution is 0.0512. The van der Waals surface area contributed by atoms with Gasteiger partial charge in [-0.3, -0.25) is 4.79 Å². The van der Waals surface area contributed by atoms with Crippen molar-refractivity contribution in [3.05, 3.63) is 15.6 Å². The van der Waals surface area contributed by atoms with E-state index in [1.807, 2.05) is 6.92 Å². The highest BCUT2D eigenvalue weighted by molar-refractivity contribution is 7.13. The first kappa shape index (κ1) is 16.4. The summed E-state index contributed by atoms with van der Waals surface area (Å²) in [6.45, 7) is 7.29. The van der Waals surface area contributed by atoms with Crippen molar-refractivity contribution in [2.45, 2.75) is 33.1 Å². The third-order valence-corrected chi connectivity index (χ3v) is 5.39. The van der Waals surface area contributed by atoms with E-state index in [0.717, 1.165) is 47.9 Å². The normalized spacial score (nSPS) is 17.7. The Labute approximate surface area is 130 Å². The van der Waals surface area contributed by atoms with E-state index >= 15 is 0 Å². The Morgan fingerprint density at radius 1 is 1.48 bits per heavy atom. The van der Waals surface area contributed by atoms with Gasteiger partial charge in [-0.2, -0.15) is 0 Å². The molecule has 118 valence electrons. The molecule has 2 rings (SSSR count). The van der Waals surface area contributed by atoms with E-state index in [1.54, 1.807) is 7.11 Å². The van der Waals surface area contributed by atoms with Gasteiger partial charge in [0, 0.05) is 19.1 Å². The van der Waals surface area contributed by atoms with Gasteiger partial charge in [-0.1, -0.05) is 6.92 Å². The molecule has 1 saturated heterocycles. The van der Waals surface area contributed by atoms with Crippen LogP contribution >= 0.6 is 11.3 Å². The fourth-order valence-corrected chi connectivity index (χ4v) is 3.72. The van der Waals surface area contributed by atoms with Crippen molar-refractivity contribution in [3.63, 3.8) is 0 Å². The van der Waals surface area contributed by atoms with Crippen LogP contribution in [0.1, 0.15) is 40.1 Å². The molecule has 2 N–H and O–H groups in total. The average Bonchev–Trinajstić information content (AvgIpc) is 2.87. The fraction of sp³-hybridized carbons (Fsp3) is 0.733. The van der Waals surface area contributed by atoms with Crippen LogP contribution in [0.4, 0.5) is 0 Å². The molecule has 6 heteroatoms. The van der Waals surface area contributed by atoms with E-state index < -0.39 is 0 Å². The van der Waals surface area contributed by atoms with Crippen molar-refractivity contribution in [1.29, 1.82) is 0 Å². The van der Waals surface area contributed by atoms with Gasteiger partial charge in [-0.25, -0.2) is 4.98 Å². The monoisotopic (exact) mass is 311 g/mol. The molecule has 0 aliphatic carbocycles. The Hall–Kier alpha value is -0.980. The molecule has 1 aliphatic rings. The van der Waals surface area contributed by atoms with Crippen LogP contribution < -0.4 is 10.6 Å². The SMILES string of the molecule is CCc1nc(C)c(C(=O)NCC2(COC)CCNCC2)s1. The highest BCUT2D eigenvalue weighted by atomic mass is 32.1. The van der Waals surface area contributed by atoms with Gasteiger partial charge in [0.2, 0.25) is 0 Å². The van der Waals surface area contributed by atoms with Gasteiger partial charge in [0.25, 0.3) is 5.91 Å². The Bertz CT molecular complexity index is 476. The number of aromatic nitrogens is 1. The largest absolute Gasteiger partial charge is 0.384 e. The van der Waals surface area contributed by atoms with E-state index in [9.17, 15) is 4.79 Å². The summed E-state index contributed by atoms with van der Waals surface area (Å²) < 4.78 is 5.38. The number of aryl methyl sites for hydroxylation is 2. The molecule has 1 aliphatic heterocycles. The van der Waals surface area contributed by atoms with Crippen LogP contribution in [0.2, 0.25) is 0 Å². The summed E-state index contributed by atoms with van der Waals surface area (Å²) in [6.07, 6.45) is 2.93. The Morgan fingerprint density at radius 3 is 2.76 bits per heavy atom. The van der Waals surface area contributed by atoms with Crippen molar-refractivity contribution in [3.8, 4) is 0 Å². The molecule has 0 bridgehead atoms. The zero-order chi connectivity index (χ0) is 15.3. The zero-order valence-electron chi connectivity index (χ0n) is 13.1. The lowest BCUT2D eigenvalue weighted by Gasteiger charge is -2.37. The summed E-state index contributed by atoms with van der Waals surface area (Å²) in [5.41, 5.74) is 0.891. The maximum atomic E-state index is 12.4. The van der Waals surface area contributed by atoms with E-state index in [1.165, 1.54) is 11.3 Å². The highest BCUT2D eigenvalue weighted by Crippen LogP contribution is 2.28. The molecule has 0 saturated carbocycles. The predicted octanol–water partition coefficient (Wildman–Crippen LogP) is 1.76. The molecule has 21 heavy (non-hydrogen) atoms. The number of methoxy groups -OCH3 is 1. The van der Waals surface area contributed by atoms with Crippen molar-refractivity contribution in [2.75, 3.05) is 33.4 Å². The van der Waals surface area contributed by atoms with Gasteiger partial charge < -0.3 is 15.4 Å². The molecule has 0 spiro atoms. The summed E-state index contributed by atoms with van der Waals surface area (Å²) in [4.78, 5) is 17.6. The zero-order valence-corrected chi connectivity index (χ0v) is 13.9. The molecule has 1 fully saturated rings. The molecule has 2 heterocycles. The second-order valence-electron chi connectivity index (χ2n) is 5.74. The third kappa shape index (κ3) is 4.02. The topological polar surface area (TPSA) is 63.2 Å². The number of carbonyl (C=O) groups excluding carboxylic acids is 1. The lowest BCUT2D eigenvalue weighted by atomic mass is 9.79. The minimum absolute atomic E-state index is 0.00119. The number of thiazole rings is 1. The van der Waals surface area contributed by atoms with Gasteiger partial charge in [0.05, 0.1) is 17.3 Å². The van der Waals surface area contributed by atoms with Crippen molar-refractivity contribution in [1.82, 2.24) is 15.6 Å². The Morgan fingerprint density at radius 2 is 2.19 bits per heavy atom. The number of rotatable bonds is 6. The minimum atomic E-state index is -0.00119. The van der Waals surface area contributed by atoms with Gasteiger partial charge in [0.1, 0.15) is 4.88 Å². The molecule has 1 amide bonds. The number of nitrogens with zero attached hydrogens (tertiary/aromatic N) is 1. The smallest absolute Gasteiger partial charge is 0.263 e. The highest BCUT2D eigenvalue weighted by Gasteiger charge is 2.32. The summed E-state index contributed by atoms with van der Waals surface area (Å²) in [6, 6.07) is 0. The first-order chi connectivity index (χ1) is 10.1. The average molecular weight is 311 g/mol. The fourth-order valence-electron chi connectivity index (χ4n) is 2.80. The van der Waals surface area contributed by atoms with E-state index in [2.05, 4.69) is 22.5 Å². The summed E-state index contributed by atoms with van der Waals surface area (Å²) >= 11 is 1.50. The Balaban J connectivity index is 1.99. The molecule has 5 nitrogen and oxygen atoms in total. The summed E-state index contributed by atoms with van der Waals surface area (Å²) in [5, 5.41) is 7.48. The van der Waals surface area contributed by atoms with Crippen LogP contribution in [-0.4, -0.2) is 44.2 Å². The third-order valence-electron chi connectivity index (χ3n) is 4.09. The Kier molecular flexibility index (Phi) is 5.72. The second kappa shape index (κ2) is 7.33. The molecule has 0 atom stereocenters. The van der Waals surface area contributed by atoms with Crippen LogP contribution in [0.3, 0.4) is 0 Å². The number of nitrogens with one attached hydrogen (secondary N) is 2. The van der Waals surface area contributed by atoms with Crippen LogP contribution in [0, 0.1) is 12.3 Å². The molecule has 1 aromatic rings. The molecular weight excluding hydrogens is 286 g/mol. The van der Waals surface area contributed by atoms with Gasteiger partial charge in [-0.05, 0) is 39.3 Å². The number of amides is 1. The van der Waals surface area contributed by atoms with Crippen molar-refractivity contribution >= 4 is 17.2 Å². The van der Waals surface area contributed by atoms with E-state index in [4.69, 9.17) is 4.74 Å². The summed E-state index contributed by atoms with van der Waals surface area (Å²) in [7, 11) is 1.73. The van der Waals surface area contributed by atoms with Crippen LogP contribution in [0.5, 0.6) is 0 Å². The van der Waals surface area contributed by atoms with Gasteiger partial charge in [0.15, 0.2) is 0 Å². The molecular formula is C15H25N3O2S. The maximum Gasteiger partial charge on any atom is 0.263 e. The first-order valence-corrected chi connectivity index (χ1v) is 8.36. The number of carbonyl (C=O) groups is 1. The standard InChI is InChI=1S/C15H25N3O2S/c1-4-12-18-11(2)13(21-12)14(19)17-9-15(10-20-3)5-7-16-8-6-15/h16H,4-10H2,1-3H3,(H,17,19). The van der Waals surface area contributed by atoms with Gasteiger partial charge in [-0.15, -0.1) is 11.3 Å². The van der Waals surface area contributed by atoms with Crippen LogP contribution in [0.15, 0.2) is 0 Å². The quantitative estimate of drug-likeness (QED) is 0.840. The molecule has 0 radical (unpaired) electrons.